The van der Waals surface area contributed by atoms with E-state index in [4.69, 9.17) is 9.47 Å². The molecule has 4 nitrogen and oxygen atoms in total. The summed E-state index contributed by atoms with van der Waals surface area (Å²) in [5.41, 5.74) is 3.26. The topological polar surface area (TPSA) is 38.8 Å². The number of amides is 1. The minimum Gasteiger partial charge on any atom is -0.493 e. The highest BCUT2D eigenvalue weighted by Crippen LogP contribution is 2.41. The molecule has 2 aromatic carbocycles. The molecule has 0 N–H and O–H groups in total. The quantitative estimate of drug-likeness (QED) is 0.644. The molecule has 0 aliphatic carbocycles. The molecule has 0 spiro atoms. The minimum atomic E-state index is -0.0301. The molecule has 1 amide bonds. The fourth-order valence-electron chi connectivity index (χ4n) is 3.55. The first-order chi connectivity index (χ1) is 13.1. The van der Waals surface area contributed by atoms with E-state index in [2.05, 4.69) is 35.7 Å². The summed E-state index contributed by atoms with van der Waals surface area (Å²) >= 11 is 1.74. The fourth-order valence-corrected chi connectivity index (χ4v) is 4.52. The lowest BCUT2D eigenvalue weighted by Crippen LogP contribution is -2.35. The van der Waals surface area contributed by atoms with Gasteiger partial charge in [-0.3, -0.25) is 4.79 Å². The Morgan fingerprint density at radius 2 is 2.07 bits per heavy atom. The lowest BCUT2D eigenvalue weighted by atomic mass is 10.0. The SMILES string of the molecule is COc1cc(-c2csc3ccccc23)cc2c1OCCN(C(=O)C(C)C)C2. The largest absolute Gasteiger partial charge is 0.493 e. The molecule has 0 saturated carbocycles. The first-order valence-electron chi connectivity index (χ1n) is 9.17. The van der Waals surface area contributed by atoms with Crippen LogP contribution in [0.4, 0.5) is 0 Å². The minimum absolute atomic E-state index is 0.0301. The molecule has 140 valence electrons. The molecule has 3 aromatic rings. The van der Waals surface area contributed by atoms with Gasteiger partial charge < -0.3 is 14.4 Å². The van der Waals surface area contributed by atoms with Crippen LogP contribution in [0.1, 0.15) is 19.4 Å². The van der Waals surface area contributed by atoms with E-state index in [0.29, 0.717) is 19.7 Å². The van der Waals surface area contributed by atoms with Crippen LogP contribution in [0.5, 0.6) is 11.5 Å². The van der Waals surface area contributed by atoms with Crippen molar-refractivity contribution in [1.29, 1.82) is 0 Å². The van der Waals surface area contributed by atoms with Crippen molar-refractivity contribution in [3.63, 3.8) is 0 Å². The molecule has 0 fully saturated rings. The van der Waals surface area contributed by atoms with Crippen molar-refractivity contribution >= 4 is 27.3 Å². The van der Waals surface area contributed by atoms with Gasteiger partial charge >= 0.3 is 0 Å². The highest BCUT2D eigenvalue weighted by atomic mass is 32.1. The Kier molecular flexibility index (Phi) is 4.79. The summed E-state index contributed by atoms with van der Waals surface area (Å²) in [6, 6.07) is 12.6. The molecule has 0 bridgehead atoms. The van der Waals surface area contributed by atoms with Crippen molar-refractivity contribution in [1.82, 2.24) is 4.90 Å². The standard InChI is InChI=1S/C22H23NO3S/c1-14(2)22(24)23-8-9-26-21-16(12-23)10-15(11-19(21)25-3)18-13-27-20-7-5-4-6-17(18)20/h4-7,10-11,13-14H,8-9,12H2,1-3H3. The number of carbonyl (C=O) groups excluding carboxylic acids is 1. The van der Waals surface area contributed by atoms with Crippen molar-refractivity contribution in [2.75, 3.05) is 20.3 Å². The second-order valence-corrected chi connectivity index (χ2v) is 7.99. The van der Waals surface area contributed by atoms with Crippen LogP contribution in [0, 0.1) is 5.92 Å². The van der Waals surface area contributed by atoms with Crippen LogP contribution in [0.15, 0.2) is 41.8 Å². The van der Waals surface area contributed by atoms with Crippen LogP contribution in [0.25, 0.3) is 21.2 Å². The zero-order valence-electron chi connectivity index (χ0n) is 15.8. The summed E-state index contributed by atoms with van der Waals surface area (Å²) in [4.78, 5) is 14.4. The maximum Gasteiger partial charge on any atom is 0.225 e. The number of hydrogen-bond donors (Lipinski definition) is 0. The van der Waals surface area contributed by atoms with Gasteiger partial charge in [0.05, 0.1) is 13.7 Å². The highest BCUT2D eigenvalue weighted by molar-refractivity contribution is 7.17. The Labute approximate surface area is 163 Å². The predicted molar refractivity (Wildman–Crippen MR) is 110 cm³/mol. The molecule has 0 radical (unpaired) electrons. The number of fused-ring (bicyclic) bond motifs is 2. The molecule has 1 aromatic heterocycles. The van der Waals surface area contributed by atoms with E-state index in [-0.39, 0.29) is 11.8 Å². The average molecular weight is 381 g/mol. The summed E-state index contributed by atoms with van der Waals surface area (Å²) in [5.74, 6) is 1.59. The van der Waals surface area contributed by atoms with E-state index in [9.17, 15) is 4.79 Å². The van der Waals surface area contributed by atoms with E-state index >= 15 is 0 Å². The normalized spacial score (nSPS) is 14.0. The summed E-state index contributed by atoms with van der Waals surface area (Å²) in [6.07, 6.45) is 0. The van der Waals surface area contributed by atoms with Crippen LogP contribution in [0.3, 0.4) is 0 Å². The first kappa shape index (κ1) is 17.9. The van der Waals surface area contributed by atoms with Gasteiger partial charge in [0, 0.05) is 33.7 Å². The van der Waals surface area contributed by atoms with E-state index in [1.54, 1.807) is 18.4 Å². The third-order valence-electron chi connectivity index (χ3n) is 4.92. The van der Waals surface area contributed by atoms with Gasteiger partial charge in [-0.1, -0.05) is 32.0 Å². The van der Waals surface area contributed by atoms with Crippen molar-refractivity contribution in [3.8, 4) is 22.6 Å². The zero-order valence-corrected chi connectivity index (χ0v) is 16.6. The van der Waals surface area contributed by atoms with Crippen LogP contribution < -0.4 is 9.47 Å². The van der Waals surface area contributed by atoms with Gasteiger partial charge in [-0.05, 0) is 29.1 Å². The maximum absolute atomic E-state index is 12.5. The molecule has 4 rings (SSSR count). The summed E-state index contributed by atoms with van der Waals surface area (Å²) < 4.78 is 12.9. The van der Waals surface area contributed by atoms with Crippen LogP contribution in [-0.4, -0.2) is 31.1 Å². The Bertz CT molecular complexity index is 992. The molecule has 1 aliphatic rings. The number of thiophene rings is 1. The molecule has 0 saturated heterocycles. The Balaban J connectivity index is 1.81. The van der Waals surface area contributed by atoms with Gasteiger partial charge in [0.25, 0.3) is 0 Å². The molecular formula is C22H23NO3S. The Hall–Kier alpha value is -2.53. The molecule has 1 aliphatic heterocycles. The van der Waals surface area contributed by atoms with Crippen molar-refractivity contribution < 1.29 is 14.3 Å². The monoisotopic (exact) mass is 381 g/mol. The summed E-state index contributed by atoms with van der Waals surface area (Å²) in [5, 5.41) is 3.41. The molecule has 27 heavy (non-hydrogen) atoms. The Morgan fingerprint density at radius 3 is 2.85 bits per heavy atom. The van der Waals surface area contributed by atoms with Gasteiger partial charge in [-0.2, -0.15) is 0 Å². The molecule has 2 heterocycles. The summed E-state index contributed by atoms with van der Waals surface area (Å²) in [7, 11) is 1.66. The molecule has 0 atom stereocenters. The van der Waals surface area contributed by atoms with E-state index < -0.39 is 0 Å². The lowest BCUT2D eigenvalue weighted by Gasteiger charge is -2.22. The number of ether oxygens (including phenoxy) is 2. The second kappa shape index (κ2) is 7.24. The Morgan fingerprint density at radius 1 is 1.26 bits per heavy atom. The number of methoxy groups -OCH3 is 1. The van der Waals surface area contributed by atoms with Gasteiger partial charge in [-0.25, -0.2) is 0 Å². The molecule has 0 unspecified atom stereocenters. The number of benzene rings is 2. The lowest BCUT2D eigenvalue weighted by molar-refractivity contribution is -0.135. The van der Waals surface area contributed by atoms with Gasteiger partial charge in [0.1, 0.15) is 6.61 Å². The molecular weight excluding hydrogens is 358 g/mol. The van der Waals surface area contributed by atoms with Crippen LogP contribution in [-0.2, 0) is 11.3 Å². The fraction of sp³-hybridized carbons (Fsp3) is 0.318. The van der Waals surface area contributed by atoms with Crippen molar-refractivity contribution in [2.45, 2.75) is 20.4 Å². The molecule has 5 heteroatoms. The van der Waals surface area contributed by atoms with Gasteiger partial charge in [-0.15, -0.1) is 11.3 Å². The first-order valence-corrected chi connectivity index (χ1v) is 10.1. The van der Waals surface area contributed by atoms with E-state index in [1.165, 1.54) is 15.6 Å². The number of rotatable bonds is 3. The van der Waals surface area contributed by atoms with Gasteiger partial charge in [0.15, 0.2) is 11.5 Å². The smallest absolute Gasteiger partial charge is 0.225 e. The van der Waals surface area contributed by atoms with Crippen molar-refractivity contribution in [2.24, 2.45) is 5.92 Å². The third kappa shape index (κ3) is 3.28. The van der Waals surface area contributed by atoms with E-state index in [0.717, 1.165) is 22.6 Å². The van der Waals surface area contributed by atoms with Gasteiger partial charge in [0.2, 0.25) is 5.91 Å². The van der Waals surface area contributed by atoms with Crippen molar-refractivity contribution in [3.05, 3.63) is 47.3 Å². The number of carbonyl (C=O) groups is 1. The second-order valence-electron chi connectivity index (χ2n) is 7.08. The summed E-state index contributed by atoms with van der Waals surface area (Å²) in [6.45, 7) is 5.47. The van der Waals surface area contributed by atoms with Crippen LogP contribution >= 0.6 is 11.3 Å². The zero-order chi connectivity index (χ0) is 19.0. The van der Waals surface area contributed by atoms with E-state index in [1.807, 2.05) is 24.8 Å². The predicted octanol–water partition coefficient (Wildman–Crippen LogP) is 4.95. The van der Waals surface area contributed by atoms with Crippen LogP contribution in [0.2, 0.25) is 0 Å². The third-order valence-corrected chi connectivity index (χ3v) is 5.88. The number of nitrogens with zero attached hydrogens (tertiary/aromatic N) is 1. The highest BCUT2D eigenvalue weighted by Gasteiger charge is 2.25. The number of hydrogen-bond acceptors (Lipinski definition) is 4. The maximum atomic E-state index is 12.5. The average Bonchev–Trinajstić information content (AvgIpc) is 2.99.